The Hall–Kier alpha value is -1.85. The Morgan fingerprint density at radius 3 is 2.65 bits per heavy atom. The fraction of sp³-hybridized carbons (Fsp3) is 0.706. The van der Waals surface area contributed by atoms with Crippen LogP contribution in [0.15, 0.2) is 18.7 Å². The second-order valence-corrected chi connectivity index (χ2v) is 6.81. The van der Waals surface area contributed by atoms with E-state index < -0.39 is 0 Å². The molecule has 0 aromatic carbocycles. The fourth-order valence-electron chi connectivity index (χ4n) is 3.97. The first-order valence-electron chi connectivity index (χ1n) is 8.68. The van der Waals surface area contributed by atoms with Crippen molar-refractivity contribution in [2.75, 3.05) is 13.1 Å². The highest BCUT2D eigenvalue weighted by Crippen LogP contribution is 2.30. The molecule has 6 heteroatoms. The van der Waals surface area contributed by atoms with Gasteiger partial charge in [0, 0.05) is 32.4 Å². The van der Waals surface area contributed by atoms with Gasteiger partial charge < -0.3 is 14.8 Å². The summed E-state index contributed by atoms with van der Waals surface area (Å²) in [5.41, 5.74) is 0. The van der Waals surface area contributed by atoms with Crippen LogP contribution in [0.25, 0.3) is 0 Å². The van der Waals surface area contributed by atoms with Crippen molar-refractivity contribution in [3.63, 3.8) is 0 Å². The Morgan fingerprint density at radius 1 is 1.22 bits per heavy atom. The number of hydrogen-bond acceptors (Lipinski definition) is 3. The fourth-order valence-corrected chi connectivity index (χ4v) is 3.97. The lowest BCUT2D eigenvalue weighted by Gasteiger charge is -2.36. The summed E-state index contributed by atoms with van der Waals surface area (Å²) < 4.78 is 2.09. The van der Waals surface area contributed by atoms with Crippen molar-refractivity contribution in [3.05, 3.63) is 18.7 Å². The van der Waals surface area contributed by atoms with Crippen LogP contribution < -0.4 is 5.32 Å². The molecule has 1 N–H and O–H groups in total. The Morgan fingerprint density at radius 2 is 2.00 bits per heavy atom. The van der Waals surface area contributed by atoms with E-state index in [0.29, 0.717) is 12.5 Å². The smallest absolute Gasteiger partial charge is 0.245 e. The average molecular weight is 318 g/mol. The summed E-state index contributed by atoms with van der Waals surface area (Å²) in [6.45, 7) is 2.99. The van der Waals surface area contributed by atoms with Crippen molar-refractivity contribution in [3.8, 4) is 0 Å². The molecule has 1 aromatic rings. The third-order valence-electron chi connectivity index (χ3n) is 5.15. The maximum absolute atomic E-state index is 13.0. The summed E-state index contributed by atoms with van der Waals surface area (Å²) in [7, 11) is 0. The standard InChI is InChI=1S/C17H26N4O2/c1-13(22)19-16(14-5-2-3-6-14)17(23)20-9-4-7-15(11-20)21-10-8-18-12-21/h8,10,12,14-16H,2-7,9,11H2,1H3,(H,19,22)/t15-,16-/m0/s1. The van der Waals surface area contributed by atoms with E-state index in [2.05, 4.69) is 14.9 Å². The molecule has 2 aliphatic rings. The maximum atomic E-state index is 13.0. The molecule has 0 radical (unpaired) electrons. The summed E-state index contributed by atoms with van der Waals surface area (Å²) in [5.74, 6) is 0.273. The molecule has 1 aromatic heterocycles. The van der Waals surface area contributed by atoms with Crippen molar-refractivity contribution >= 4 is 11.8 Å². The van der Waals surface area contributed by atoms with Crippen LogP contribution >= 0.6 is 0 Å². The zero-order valence-electron chi connectivity index (χ0n) is 13.8. The molecule has 0 spiro atoms. The zero-order valence-corrected chi connectivity index (χ0v) is 13.8. The molecule has 2 heterocycles. The predicted molar refractivity (Wildman–Crippen MR) is 86.6 cm³/mol. The topological polar surface area (TPSA) is 67.2 Å². The summed E-state index contributed by atoms with van der Waals surface area (Å²) in [4.78, 5) is 30.6. The van der Waals surface area contributed by atoms with Crippen LogP contribution in [0.4, 0.5) is 0 Å². The van der Waals surface area contributed by atoms with Crippen LogP contribution in [0.2, 0.25) is 0 Å². The number of amides is 2. The highest BCUT2D eigenvalue weighted by atomic mass is 16.2. The van der Waals surface area contributed by atoms with Crippen LogP contribution in [-0.2, 0) is 9.59 Å². The van der Waals surface area contributed by atoms with Crippen molar-refractivity contribution in [1.82, 2.24) is 19.8 Å². The normalized spacial score (nSPS) is 23.7. The van der Waals surface area contributed by atoms with Crippen LogP contribution in [0, 0.1) is 5.92 Å². The number of likely N-dealkylation sites (tertiary alicyclic amines) is 1. The number of carbonyl (C=O) groups excluding carboxylic acids is 2. The lowest BCUT2D eigenvalue weighted by molar-refractivity contribution is -0.139. The molecule has 1 saturated carbocycles. The molecule has 23 heavy (non-hydrogen) atoms. The van der Waals surface area contributed by atoms with Gasteiger partial charge in [0.05, 0.1) is 12.4 Å². The van der Waals surface area contributed by atoms with Gasteiger partial charge in [-0.3, -0.25) is 9.59 Å². The molecule has 6 nitrogen and oxygen atoms in total. The molecule has 126 valence electrons. The van der Waals surface area contributed by atoms with E-state index in [9.17, 15) is 9.59 Å². The number of nitrogens with zero attached hydrogens (tertiary/aromatic N) is 3. The van der Waals surface area contributed by atoms with Crippen LogP contribution in [0.5, 0.6) is 0 Å². The number of aromatic nitrogens is 2. The van der Waals surface area contributed by atoms with Gasteiger partial charge in [-0.15, -0.1) is 0 Å². The monoisotopic (exact) mass is 318 g/mol. The lowest BCUT2D eigenvalue weighted by Crippen LogP contribution is -2.53. The summed E-state index contributed by atoms with van der Waals surface area (Å²) >= 11 is 0. The predicted octanol–water partition coefficient (Wildman–Crippen LogP) is 1.74. The van der Waals surface area contributed by atoms with E-state index in [0.717, 1.165) is 45.1 Å². The molecule has 1 aliphatic heterocycles. The van der Waals surface area contributed by atoms with Crippen molar-refractivity contribution in [2.24, 2.45) is 5.92 Å². The molecular weight excluding hydrogens is 292 g/mol. The van der Waals surface area contributed by atoms with Gasteiger partial charge in [0.15, 0.2) is 0 Å². The molecule has 3 rings (SSSR count). The summed E-state index contributed by atoms with van der Waals surface area (Å²) in [6, 6.07) is -0.0618. The first-order chi connectivity index (χ1) is 11.1. The molecule has 1 saturated heterocycles. The summed E-state index contributed by atoms with van der Waals surface area (Å²) in [6.07, 6.45) is 12.0. The number of imidazole rings is 1. The van der Waals surface area contributed by atoms with Gasteiger partial charge in [-0.25, -0.2) is 4.98 Å². The van der Waals surface area contributed by atoms with Gasteiger partial charge in [-0.2, -0.15) is 0 Å². The van der Waals surface area contributed by atoms with Gasteiger partial charge in [-0.05, 0) is 31.6 Å². The van der Waals surface area contributed by atoms with E-state index in [-0.39, 0.29) is 23.9 Å². The van der Waals surface area contributed by atoms with Gasteiger partial charge in [0.2, 0.25) is 11.8 Å². The molecule has 2 fully saturated rings. The number of carbonyl (C=O) groups is 2. The third-order valence-corrected chi connectivity index (χ3v) is 5.15. The van der Waals surface area contributed by atoms with Crippen LogP contribution in [0.1, 0.15) is 51.5 Å². The van der Waals surface area contributed by atoms with Crippen molar-refractivity contribution < 1.29 is 9.59 Å². The minimum absolute atomic E-state index is 0.0944. The highest BCUT2D eigenvalue weighted by Gasteiger charge is 2.35. The average Bonchev–Trinajstić information content (AvgIpc) is 3.25. The number of hydrogen-bond donors (Lipinski definition) is 1. The first kappa shape index (κ1) is 16.0. The van der Waals surface area contributed by atoms with E-state index in [1.54, 1.807) is 6.20 Å². The number of piperidine rings is 1. The zero-order chi connectivity index (χ0) is 16.2. The number of nitrogens with one attached hydrogen (secondary N) is 1. The number of rotatable bonds is 4. The van der Waals surface area contributed by atoms with E-state index in [4.69, 9.17) is 0 Å². The maximum Gasteiger partial charge on any atom is 0.245 e. The molecule has 0 bridgehead atoms. The molecular formula is C17H26N4O2. The Bertz CT molecular complexity index is 537. The first-order valence-corrected chi connectivity index (χ1v) is 8.68. The highest BCUT2D eigenvalue weighted by molar-refractivity contribution is 5.87. The SMILES string of the molecule is CC(=O)N[C@H](C(=O)N1CCC[C@H](n2ccnc2)C1)C1CCCC1. The van der Waals surface area contributed by atoms with E-state index in [1.165, 1.54) is 6.92 Å². The third kappa shape index (κ3) is 3.74. The largest absolute Gasteiger partial charge is 0.344 e. The molecule has 2 amide bonds. The van der Waals surface area contributed by atoms with Gasteiger partial charge in [-0.1, -0.05) is 12.8 Å². The second-order valence-electron chi connectivity index (χ2n) is 6.81. The van der Waals surface area contributed by atoms with E-state index >= 15 is 0 Å². The van der Waals surface area contributed by atoms with Gasteiger partial charge >= 0.3 is 0 Å². The van der Waals surface area contributed by atoms with Crippen LogP contribution in [0.3, 0.4) is 0 Å². The Balaban J connectivity index is 1.69. The minimum Gasteiger partial charge on any atom is -0.344 e. The minimum atomic E-state index is -0.350. The van der Waals surface area contributed by atoms with Crippen LogP contribution in [-0.4, -0.2) is 45.4 Å². The second kappa shape index (κ2) is 7.15. The van der Waals surface area contributed by atoms with Crippen molar-refractivity contribution in [1.29, 1.82) is 0 Å². The Kier molecular flexibility index (Phi) is 4.98. The van der Waals surface area contributed by atoms with Gasteiger partial charge in [0.1, 0.15) is 6.04 Å². The molecule has 1 aliphatic carbocycles. The lowest BCUT2D eigenvalue weighted by atomic mass is 9.95. The molecule has 2 atom stereocenters. The van der Waals surface area contributed by atoms with Crippen molar-refractivity contribution in [2.45, 2.75) is 57.5 Å². The summed E-state index contributed by atoms with van der Waals surface area (Å²) in [5, 5.41) is 2.92. The Labute approximate surface area is 137 Å². The van der Waals surface area contributed by atoms with Gasteiger partial charge in [0.25, 0.3) is 0 Å². The quantitative estimate of drug-likeness (QED) is 0.919. The molecule has 0 unspecified atom stereocenters. The van der Waals surface area contributed by atoms with E-state index in [1.807, 2.05) is 17.4 Å².